The van der Waals surface area contributed by atoms with Crippen molar-refractivity contribution in [2.24, 2.45) is 5.92 Å². The molecule has 1 N–H and O–H groups in total. The monoisotopic (exact) mass is 273 g/mol. The van der Waals surface area contributed by atoms with Crippen molar-refractivity contribution in [2.75, 3.05) is 13.1 Å². The van der Waals surface area contributed by atoms with Gasteiger partial charge in [-0.3, -0.25) is 0 Å². The summed E-state index contributed by atoms with van der Waals surface area (Å²) in [6.45, 7) is 3.80. The number of nitrogens with zero attached hydrogens (tertiary/aromatic N) is 1. The van der Waals surface area contributed by atoms with Gasteiger partial charge in [-0.05, 0) is 24.1 Å². The molecule has 100 valence electrons. The zero-order valence-electron chi connectivity index (χ0n) is 10.3. The van der Waals surface area contributed by atoms with Crippen molar-refractivity contribution in [3.05, 3.63) is 30.1 Å². The predicted octanol–water partition coefficient (Wildman–Crippen LogP) is 1.22. The topological polar surface area (TPSA) is 57.6 Å². The Labute approximate surface area is 106 Å². The molecular weight excluding hydrogens is 257 g/mol. The molecule has 0 saturated carbocycles. The van der Waals surface area contributed by atoms with Crippen LogP contribution in [0.4, 0.5) is 4.39 Å². The van der Waals surface area contributed by atoms with Crippen LogP contribution in [0.5, 0.6) is 0 Å². The number of halogens is 1. The molecule has 0 radical (unpaired) electrons. The van der Waals surface area contributed by atoms with E-state index in [1.165, 1.54) is 22.5 Å². The maximum absolute atomic E-state index is 13.0. The van der Waals surface area contributed by atoms with E-state index in [2.05, 4.69) is 0 Å². The quantitative estimate of drug-likeness (QED) is 0.900. The molecule has 1 aliphatic rings. The van der Waals surface area contributed by atoms with Gasteiger partial charge in [-0.2, -0.15) is 4.31 Å². The van der Waals surface area contributed by atoms with E-state index in [9.17, 15) is 17.9 Å². The highest BCUT2D eigenvalue weighted by atomic mass is 32.2. The predicted molar refractivity (Wildman–Crippen MR) is 64.9 cm³/mol. The van der Waals surface area contributed by atoms with Crippen molar-refractivity contribution in [1.29, 1.82) is 0 Å². The molecule has 2 rings (SSSR count). The van der Waals surface area contributed by atoms with Gasteiger partial charge < -0.3 is 5.11 Å². The zero-order chi connectivity index (χ0) is 13.6. The molecule has 1 fully saturated rings. The van der Waals surface area contributed by atoms with Crippen LogP contribution in [0.2, 0.25) is 0 Å². The Bertz CT molecular complexity index is 550. The molecule has 0 unspecified atom stereocenters. The van der Waals surface area contributed by atoms with Crippen molar-refractivity contribution in [2.45, 2.75) is 24.3 Å². The van der Waals surface area contributed by atoms with Gasteiger partial charge in [-0.1, -0.05) is 19.9 Å². The van der Waals surface area contributed by atoms with E-state index < -0.39 is 21.4 Å². The maximum Gasteiger partial charge on any atom is 0.243 e. The third-order valence-electron chi connectivity index (χ3n) is 3.41. The molecule has 1 aromatic rings. The van der Waals surface area contributed by atoms with E-state index >= 15 is 0 Å². The Morgan fingerprint density at radius 2 is 2.00 bits per heavy atom. The van der Waals surface area contributed by atoms with Crippen molar-refractivity contribution in [1.82, 2.24) is 4.31 Å². The smallest absolute Gasteiger partial charge is 0.243 e. The molecule has 0 aliphatic carbocycles. The summed E-state index contributed by atoms with van der Waals surface area (Å²) in [4.78, 5) is -0.0756. The van der Waals surface area contributed by atoms with Crippen LogP contribution in [0.25, 0.3) is 0 Å². The summed E-state index contributed by atoms with van der Waals surface area (Å²) in [6.07, 6.45) is 0. The van der Waals surface area contributed by atoms with Crippen LogP contribution in [-0.4, -0.2) is 36.5 Å². The summed E-state index contributed by atoms with van der Waals surface area (Å²) in [5, 5.41) is 10.0. The summed E-state index contributed by atoms with van der Waals surface area (Å²) in [6, 6.07) is 4.89. The Balaban J connectivity index is 2.21. The number of hydrogen-bond acceptors (Lipinski definition) is 3. The van der Waals surface area contributed by atoms with Crippen LogP contribution < -0.4 is 0 Å². The van der Waals surface area contributed by atoms with Gasteiger partial charge in [0.15, 0.2) is 0 Å². The highest BCUT2D eigenvalue weighted by molar-refractivity contribution is 7.89. The van der Waals surface area contributed by atoms with Crippen LogP contribution >= 0.6 is 0 Å². The van der Waals surface area contributed by atoms with Gasteiger partial charge in [-0.25, -0.2) is 12.8 Å². The Kier molecular flexibility index (Phi) is 3.21. The number of benzene rings is 1. The summed E-state index contributed by atoms with van der Waals surface area (Å²) in [5.41, 5.74) is -0.972. The van der Waals surface area contributed by atoms with Gasteiger partial charge in [0.2, 0.25) is 10.0 Å². The van der Waals surface area contributed by atoms with Crippen LogP contribution in [0.1, 0.15) is 13.8 Å². The van der Waals surface area contributed by atoms with Gasteiger partial charge in [0.05, 0.1) is 10.5 Å². The molecule has 1 saturated heterocycles. The van der Waals surface area contributed by atoms with E-state index in [4.69, 9.17) is 0 Å². The van der Waals surface area contributed by atoms with E-state index in [0.717, 1.165) is 6.07 Å². The minimum Gasteiger partial charge on any atom is -0.387 e. The van der Waals surface area contributed by atoms with Crippen molar-refractivity contribution in [3.63, 3.8) is 0 Å². The summed E-state index contributed by atoms with van der Waals surface area (Å²) in [5.74, 6) is -0.604. The van der Waals surface area contributed by atoms with E-state index in [0.29, 0.717) is 0 Å². The van der Waals surface area contributed by atoms with Gasteiger partial charge in [0.25, 0.3) is 0 Å². The molecule has 1 aliphatic heterocycles. The third-order valence-corrected chi connectivity index (χ3v) is 5.20. The lowest BCUT2D eigenvalue weighted by atomic mass is 9.85. The molecule has 1 heterocycles. The highest BCUT2D eigenvalue weighted by Gasteiger charge is 2.49. The van der Waals surface area contributed by atoms with E-state index in [-0.39, 0.29) is 23.9 Å². The second-order valence-electron chi connectivity index (χ2n) is 4.99. The molecular formula is C12H16FNO3S. The Morgan fingerprint density at radius 3 is 2.50 bits per heavy atom. The highest BCUT2D eigenvalue weighted by Crippen LogP contribution is 2.33. The lowest BCUT2D eigenvalue weighted by Crippen LogP contribution is -2.65. The number of aliphatic hydroxyl groups is 1. The molecule has 0 amide bonds. The lowest BCUT2D eigenvalue weighted by Gasteiger charge is -2.47. The summed E-state index contributed by atoms with van der Waals surface area (Å²) in [7, 11) is -3.70. The van der Waals surface area contributed by atoms with E-state index in [1.807, 2.05) is 13.8 Å². The van der Waals surface area contributed by atoms with Crippen LogP contribution in [0.3, 0.4) is 0 Å². The van der Waals surface area contributed by atoms with Crippen LogP contribution in [0.15, 0.2) is 29.2 Å². The van der Waals surface area contributed by atoms with Crippen molar-refractivity contribution >= 4 is 10.0 Å². The zero-order valence-corrected chi connectivity index (χ0v) is 11.1. The number of hydrogen-bond donors (Lipinski definition) is 1. The fraction of sp³-hybridized carbons (Fsp3) is 0.500. The van der Waals surface area contributed by atoms with Gasteiger partial charge in [-0.15, -0.1) is 0 Å². The van der Waals surface area contributed by atoms with Crippen molar-refractivity contribution in [3.8, 4) is 0 Å². The van der Waals surface area contributed by atoms with E-state index in [1.54, 1.807) is 0 Å². The minimum absolute atomic E-state index is 0.0172. The Morgan fingerprint density at radius 1 is 1.39 bits per heavy atom. The number of rotatable bonds is 3. The lowest BCUT2D eigenvalue weighted by molar-refractivity contribution is -0.0932. The molecule has 1 aromatic carbocycles. The maximum atomic E-state index is 13.0. The Hall–Kier alpha value is -0.980. The molecule has 0 atom stereocenters. The minimum atomic E-state index is -3.70. The van der Waals surface area contributed by atoms with Gasteiger partial charge in [0, 0.05) is 13.1 Å². The second-order valence-corrected chi connectivity index (χ2v) is 6.93. The standard InChI is InChI=1S/C12H16FNO3S/c1-9(2)12(15)7-14(8-12)18(16,17)11-5-3-4-10(13)6-11/h3-6,9,15H,7-8H2,1-2H3. The van der Waals surface area contributed by atoms with Crippen molar-refractivity contribution < 1.29 is 17.9 Å². The first kappa shape index (κ1) is 13.5. The third kappa shape index (κ3) is 2.15. The molecule has 6 heteroatoms. The number of β-amino-alcohol motifs (C(OH)–C–C–N with tert-alkyl or cyclic N) is 1. The average molecular weight is 273 g/mol. The average Bonchev–Trinajstić information content (AvgIpc) is 2.24. The first-order valence-electron chi connectivity index (χ1n) is 5.74. The number of sulfonamides is 1. The summed E-state index contributed by atoms with van der Waals surface area (Å²) < 4.78 is 38.4. The van der Waals surface area contributed by atoms with Crippen LogP contribution in [0, 0.1) is 11.7 Å². The van der Waals surface area contributed by atoms with Crippen LogP contribution in [-0.2, 0) is 10.0 Å². The molecule has 4 nitrogen and oxygen atoms in total. The summed E-state index contributed by atoms with van der Waals surface area (Å²) >= 11 is 0. The first-order chi connectivity index (χ1) is 8.25. The fourth-order valence-electron chi connectivity index (χ4n) is 1.88. The van der Waals surface area contributed by atoms with Gasteiger partial charge in [0.1, 0.15) is 5.82 Å². The first-order valence-corrected chi connectivity index (χ1v) is 7.18. The van der Waals surface area contributed by atoms with Gasteiger partial charge >= 0.3 is 0 Å². The normalized spacial score (nSPS) is 19.8. The molecule has 0 bridgehead atoms. The molecule has 0 aromatic heterocycles. The molecule has 18 heavy (non-hydrogen) atoms. The SMILES string of the molecule is CC(C)C1(O)CN(S(=O)(=O)c2cccc(F)c2)C1. The largest absolute Gasteiger partial charge is 0.387 e. The second kappa shape index (κ2) is 4.29. The fourth-order valence-corrected chi connectivity index (χ4v) is 3.47. The molecule has 0 spiro atoms.